The molecule has 0 saturated carbocycles. The molecule has 0 aromatic carbocycles. The molecule has 0 spiro atoms. The Balaban J connectivity index is 2.57. The van der Waals surface area contributed by atoms with Crippen LogP contribution in [0, 0.1) is 0 Å². The minimum atomic E-state index is -0.212. The Labute approximate surface area is 95.1 Å². The molecule has 1 heterocycles. The molecule has 1 aromatic heterocycles. The van der Waals surface area contributed by atoms with Crippen LogP contribution in [0.2, 0.25) is 0 Å². The maximum Gasteiger partial charge on any atom is 0.244 e. The van der Waals surface area contributed by atoms with Gasteiger partial charge in [-0.1, -0.05) is 36.1 Å². The highest BCUT2D eigenvalue weighted by Crippen LogP contribution is 2.20. The minimum absolute atomic E-state index is 0.0259. The first-order chi connectivity index (χ1) is 6.65. The van der Waals surface area contributed by atoms with Crippen LogP contribution < -0.4 is 5.32 Å². The molecule has 6 heteroatoms. The molecule has 5 nitrogen and oxygen atoms in total. The minimum Gasteiger partial charge on any atom is -0.428 e. The number of hydrogen-bond donors (Lipinski definition) is 1. The second-order valence-corrected chi connectivity index (χ2v) is 4.02. The van der Waals surface area contributed by atoms with Gasteiger partial charge in [0.05, 0.1) is 9.97 Å². The maximum atomic E-state index is 11.0. The Hall–Kier alpha value is -0.920. The van der Waals surface area contributed by atoms with Crippen LogP contribution in [0.1, 0.15) is 18.7 Å². The van der Waals surface area contributed by atoms with E-state index in [0.717, 1.165) is 0 Å². The largest absolute Gasteiger partial charge is 0.428 e. The second-order valence-electron chi connectivity index (χ2n) is 2.68. The average molecular weight is 307 g/mol. The monoisotopic (exact) mass is 307 g/mol. The third-order valence-corrected chi connectivity index (χ3v) is 3.06. The standard InChI is InChI=1S/C8H10IN3O2/c1-3-6(13)11-7(9)5(2)8-12-10-4-14-8/h3-5,7H,1H2,2H3,(H,11,13). The third kappa shape index (κ3) is 2.79. The summed E-state index contributed by atoms with van der Waals surface area (Å²) in [6.45, 7) is 5.27. The van der Waals surface area contributed by atoms with E-state index in [0.29, 0.717) is 5.89 Å². The van der Waals surface area contributed by atoms with E-state index in [2.05, 4.69) is 44.7 Å². The molecule has 0 saturated heterocycles. The molecule has 0 aliphatic heterocycles. The smallest absolute Gasteiger partial charge is 0.244 e. The Morgan fingerprint density at radius 2 is 2.57 bits per heavy atom. The van der Waals surface area contributed by atoms with Gasteiger partial charge in [0.25, 0.3) is 0 Å². The van der Waals surface area contributed by atoms with Crippen LogP contribution in [0.3, 0.4) is 0 Å². The molecule has 0 bridgehead atoms. The molecule has 1 amide bonds. The summed E-state index contributed by atoms with van der Waals surface area (Å²) < 4.78 is 4.93. The van der Waals surface area contributed by atoms with Gasteiger partial charge in [0.15, 0.2) is 0 Å². The van der Waals surface area contributed by atoms with Gasteiger partial charge in [-0.3, -0.25) is 4.79 Å². The average Bonchev–Trinajstić information content (AvgIpc) is 2.69. The Morgan fingerprint density at radius 3 is 3.07 bits per heavy atom. The highest BCUT2D eigenvalue weighted by atomic mass is 127. The van der Waals surface area contributed by atoms with Crippen molar-refractivity contribution in [1.82, 2.24) is 15.5 Å². The lowest BCUT2D eigenvalue weighted by molar-refractivity contribution is -0.116. The van der Waals surface area contributed by atoms with Crippen molar-refractivity contribution < 1.29 is 9.21 Å². The highest BCUT2D eigenvalue weighted by molar-refractivity contribution is 14.1. The molecule has 2 unspecified atom stereocenters. The lowest BCUT2D eigenvalue weighted by atomic mass is 10.2. The van der Waals surface area contributed by atoms with Crippen LogP contribution >= 0.6 is 22.6 Å². The summed E-state index contributed by atoms with van der Waals surface area (Å²) in [6.07, 6.45) is 2.50. The highest BCUT2D eigenvalue weighted by Gasteiger charge is 2.21. The number of carbonyl (C=O) groups is 1. The topological polar surface area (TPSA) is 68.0 Å². The van der Waals surface area contributed by atoms with Gasteiger partial charge in [0.2, 0.25) is 18.2 Å². The van der Waals surface area contributed by atoms with E-state index in [-0.39, 0.29) is 15.9 Å². The lowest BCUT2D eigenvalue weighted by Gasteiger charge is -2.15. The van der Waals surface area contributed by atoms with Gasteiger partial charge in [0, 0.05) is 0 Å². The van der Waals surface area contributed by atoms with Gasteiger partial charge < -0.3 is 9.73 Å². The Morgan fingerprint density at radius 1 is 1.86 bits per heavy atom. The number of aromatic nitrogens is 2. The van der Waals surface area contributed by atoms with Crippen molar-refractivity contribution in [2.45, 2.75) is 16.9 Å². The molecule has 76 valence electrons. The van der Waals surface area contributed by atoms with Crippen molar-refractivity contribution in [3.63, 3.8) is 0 Å². The van der Waals surface area contributed by atoms with E-state index >= 15 is 0 Å². The molecule has 0 fully saturated rings. The number of alkyl halides is 1. The Bertz CT molecular complexity index is 312. The fourth-order valence-corrected chi connectivity index (χ4v) is 1.44. The second kappa shape index (κ2) is 5.08. The molecule has 14 heavy (non-hydrogen) atoms. The van der Waals surface area contributed by atoms with E-state index in [1.807, 2.05) is 6.92 Å². The number of rotatable bonds is 4. The zero-order valence-electron chi connectivity index (χ0n) is 7.61. The first-order valence-corrected chi connectivity index (χ1v) is 5.22. The summed E-state index contributed by atoms with van der Waals surface area (Å²) >= 11 is 2.10. The maximum absolute atomic E-state index is 11.0. The first kappa shape index (κ1) is 11.2. The van der Waals surface area contributed by atoms with Crippen LogP contribution in [0.4, 0.5) is 0 Å². The molecule has 1 N–H and O–H groups in total. The van der Waals surface area contributed by atoms with Gasteiger partial charge >= 0.3 is 0 Å². The molecule has 1 rings (SSSR count). The Kier molecular flexibility index (Phi) is 4.05. The van der Waals surface area contributed by atoms with E-state index < -0.39 is 0 Å². The van der Waals surface area contributed by atoms with E-state index in [1.54, 1.807) is 0 Å². The summed E-state index contributed by atoms with van der Waals surface area (Å²) in [6, 6.07) is 0. The summed E-state index contributed by atoms with van der Waals surface area (Å²) in [7, 11) is 0. The number of amides is 1. The molecule has 0 aliphatic carbocycles. The zero-order chi connectivity index (χ0) is 10.6. The summed E-state index contributed by atoms with van der Waals surface area (Å²) in [5.74, 6) is 0.270. The molecular weight excluding hydrogens is 297 g/mol. The van der Waals surface area contributed by atoms with Crippen molar-refractivity contribution in [3.05, 3.63) is 24.9 Å². The van der Waals surface area contributed by atoms with E-state index in [4.69, 9.17) is 4.42 Å². The van der Waals surface area contributed by atoms with E-state index in [1.165, 1.54) is 12.5 Å². The van der Waals surface area contributed by atoms with Crippen molar-refractivity contribution in [2.24, 2.45) is 0 Å². The van der Waals surface area contributed by atoms with Crippen molar-refractivity contribution >= 4 is 28.5 Å². The number of hydrogen-bond acceptors (Lipinski definition) is 4. The van der Waals surface area contributed by atoms with Crippen molar-refractivity contribution in [2.75, 3.05) is 0 Å². The van der Waals surface area contributed by atoms with Crippen LogP contribution in [-0.2, 0) is 4.79 Å². The number of halogens is 1. The molecule has 0 aliphatic rings. The molecule has 2 atom stereocenters. The first-order valence-electron chi connectivity index (χ1n) is 3.98. The predicted molar refractivity (Wildman–Crippen MR) is 58.9 cm³/mol. The van der Waals surface area contributed by atoms with Gasteiger partial charge in [0.1, 0.15) is 0 Å². The summed E-state index contributed by atoms with van der Waals surface area (Å²) in [5.41, 5.74) is 0. The number of nitrogens with one attached hydrogen (secondary N) is 1. The predicted octanol–water partition coefficient (Wildman–Crippen LogP) is 1.24. The molecule has 1 aromatic rings. The van der Waals surface area contributed by atoms with Crippen LogP contribution in [0.5, 0.6) is 0 Å². The van der Waals surface area contributed by atoms with E-state index in [9.17, 15) is 4.79 Å². The third-order valence-electron chi connectivity index (χ3n) is 1.67. The van der Waals surface area contributed by atoms with Gasteiger partial charge in [-0.05, 0) is 6.08 Å². The quantitative estimate of drug-likeness (QED) is 0.393. The number of nitrogens with zero attached hydrogens (tertiary/aromatic N) is 2. The van der Waals surface area contributed by atoms with Crippen LogP contribution in [0.15, 0.2) is 23.5 Å². The molecular formula is C8H10IN3O2. The molecule has 0 radical (unpaired) electrons. The summed E-state index contributed by atoms with van der Waals surface area (Å²) in [5, 5.41) is 10.1. The fraction of sp³-hybridized carbons (Fsp3) is 0.375. The fourth-order valence-electron chi connectivity index (χ4n) is 0.825. The van der Waals surface area contributed by atoms with Crippen molar-refractivity contribution in [1.29, 1.82) is 0 Å². The van der Waals surface area contributed by atoms with Gasteiger partial charge in [-0.2, -0.15) is 0 Å². The van der Waals surface area contributed by atoms with Crippen LogP contribution in [0.25, 0.3) is 0 Å². The van der Waals surface area contributed by atoms with Crippen LogP contribution in [-0.4, -0.2) is 20.2 Å². The number of carbonyl (C=O) groups excluding carboxylic acids is 1. The summed E-state index contributed by atoms with van der Waals surface area (Å²) in [4.78, 5) is 11.0. The van der Waals surface area contributed by atoms with Crippen molar-refractivity contribution in [3.8, 4) is 0 Å². The van der Waals surface area contributed by atoms with Gasteiger partial charge in [-0.15, -0.1) is 10.2 Å². The zero-order valence-corrected chi connectivity index (χ0v) is 9.76. The normalized spacial score (nSPS) is 14.4. The van der Waals surface area contributed by atoms with Gasteiger partial charge in [-0.25, -0.2) is 0 Å². The lowest BCUT2D eigenvalue weighted by Crippen LogP contribution is -2.32. The SMILES string of the molecule is C=CC(=O)NC(I)C(C)c1nnco1.